The second kappa shape index (κ2) is 4.50. The first kappa shape index (κ1) is 10.9. The van der Waals surface area contributed by atoms with E-state index in [9.17, 15) is 4.79 Å². The van der Waals surface area contributed by atoms with Crippen LogP contribution in [0.25, 0.3) is 0 Å². The van der Waals surface area contributed by atoms with Gasteiger partial charge >= 0.3 is 13.2 Å². The van der Waals surface area contributed by atoms with Gasteiger partial charge in [-0.05, 0) is 18.6 Å². The van der Waals surface area contributed by atoms with Gasteiger partial charge in [0, 0.05) is 6.54 Å². The lowest BCUT2D eigenvalue weighted by molar-refractivity contribution is 0.140. The quantitative estimate of drug-likeness (QED) is 0.634. The van der Waals surface area contributed by atoms with Gasteiger partial charge in [-0.1, -0.05) is 6.07 Å². The molecule has 0 radical (unpaired) electrons. The van der Waals surface area contributed by atoms with E-state index in [1.165, 1.54) is 11.0 Å². The van der Waals surface area contributed by atoms with Crippen molar-refractivity contribution in [1.82, 2.24) is 4.98 Å². The maximum atomic E-state index is 11.4. The van der Waals surface area contributed by atoms with E-state index in [1.807, 2.05) is 0 Å². The molecule has 0 saturated carbocycles. The molecule has 0 atom stereocenters. The molecule has 6 nitrogen and oxygen atoms in total. The maximum absolute atomic E-state index is 11.4. The lowest BCUT2D eigenvalue weighted by Crippen LogP contribution is -2.40. The highest BCUT2D eigenvalue weighted by molar-refractivity contribution is 6.57. The van der Waals surface area contributed by atoms with Gasteiger partial charge in [0.05, 0.1) is 12.2 Å². The molecule has 0 aliphatic carbocycles. The van der Waals surface area contributed by atoms with E-state index >= 15 is 0 Å². The van der Waals surface area contributed by atoms with Gasteiger partial charge in [-0.3, -0.25) is 4.90 Å². The minimum Gasteiger partial charge on any atom is -0.449 e. The number of pyridine rings is 1. The predicted octanol–water partition coefficient (Wildman–Crippen LogP) is -0.892. The lowest BCUT2D eigenvalue weighted by Gasteiger charge is -2.25. The first-order valence-corrected chi connectivity index (χ1v) is 4.96. The lowest BCUT2D eigenvalue weighted by atomic mass is 9.86. The van der Waals surface area contributed by atoms with Crippen LogP contribution in [0, 0.1) is 0 Å². The molecule has 0 aromatic carbocycles. The molecule has 1 amide bonds. The Morgan fingerprint density at radius 3 is 2.94 bits per heavy atom. The molecule has 2 heterocycles. The van der Waals surface area contributed by atoms with Crippen molar-refractivity contribution < 1.29 is 19.6 Å². The minimum absolute atomic E-state index is 0.107. The third-order valence-electron chi connectivity index (χ3n) is 2.27. The van der Waals surface area contributed by atoms with Crippen molar-refractivity contribution >= 4 is 24.6 Å². The van der Waals surface area contributed by atoms with Crippen LogP contribution in [-0.4, -0.2) is 41.4 Å². The Balaban J connectivity index is 2.25. The molecule has 2 N–H and O–H groups in total. The summed E-state index contributed by atoms with van der Waals surface area (Å²) in [6.07, 6.45) is 0.280. The van der Waals surface area contributed by atoms with Crippen LogP contribution in [0.1, 0.15) is 6.42 Å². The average Bonchev–Trinajstić information content (AvgIpc) is 2.30. The fourth-order valence-electron chi connectivity index (χ4n) is 1.49. The monoisotopic (exact) mass is 222 g/mol. The predicted molar refractivity (Wildman–Crippen MR) is 57.4 cm³/mol. The summed E-state index contributed by atoms with van der Waals surface area (Å²) in [7, 11) is -1.64. The molecule has 1 saturated heterocycles. The number of cyclic esters (lactones) is 1. The first-order chi connectivity index (χ1) is 7.68. The molecule has 0 unspecified atom stereocenters. The second-order valence-corrected chi connectivity index (χ2v) is 3.41. The Hall–Kier alpha value is -1.60. The summed E-state index contributed by atoms with van der Waals surface area (Å²) in [6, 6.07) is 4.71. The van der Waals surface area contributed by atoms with Gasteiger partial charge in [-0.25, -0.2) is 9.78 Å². The van der Waals surface area contributed by atoms with Gasteiger partial charge < -0.3 is 14.8 Å². The summed E-state index contributed by atoms with van der Waals surface area (Å²) in [5, 5.41) is 17.9. The summed E-state index contributed by atoms with van der Waals surface area (Å²) >= 11 is 0. The number of aromatic nitrogens is 1. The molecule has 84 valence electrons. The second-order valence-electron chi connectivity index (χ2n) is 3.41. The Bertz CT molecular complexity index is 399. The molecule has 16 heavy (non-hydrogen) atoms. The van der Waals surface area contributed by atoms with Crippen molar-refractivity contribution in [3.05, 3.63) is 18.2 Å². The number of rotatable bonds is 2. The smallest absolute Gasteiger partial charge is 0.449 e. The van der Waals surface area contributed by atoms with Crippen LogP contribution < -0.4 is 10.5 Å². The summed E-state index contributed by atoms with van der Waals surface area (Å²) in [5.41, 5.74) is 0.107. The molecule has 0 spiro atoms. The molecular formula is C9H11BN2O4. The van der Waals surface area contributed by atoms with Crippen LogP contribution in [0.5, 0.6) is 0 Å². The van der Waals surface area contributed by atoms with E-state index in [1.54, 1.807) is 12.1 Å². The molecule has 1 aliphatic heterocycles. The summed E-state index contributed by atoms with van der Waals surface area (Å²) in [5.74, 6) is 0.371. The highest BCUT2D eigenvalue weighted by Gasteiger charge is 2.23. The van der Waals surface area contributed by atoms with E-state index in [-0.39, 0.29) is 5.59 Å². The standard InChI is InChI=1S/C9H11BN2O4/c13-9-12(5-2-6-16-9)8-4-1-3-7(11-8)10(14)15/h1,3-4,14-15H,2,5-6H2. The number of carbonyl (C=O) groups excluding carboxylic acids is 1. The van der Waals surface area contributed by atoms with Gasteiger partial charge in [0.25, 0.3) is 0 Å². The van der Waals surface area contributed by atoms with Gasteiger partial charge in [-0.15, -0.1) is 0 Å². The number of anilines is 1. The van der Waals surface area contributed by atoms with E-state index in [0.29, 0.717) is 19.0 Å². The largest absolute Gasteiger partial charge is 0.508 e. The number of hydrogen-bond acceptors (Lipinski definition) is 5. The highest BCUT2D eigenvalue weighted by atomic mass is 16.6. The summed E-state index contributed by atoms with van der Waals surface area (Å²) in [6.45, 7) is 0.939. The van der Waals surface area contributed by atoms with Crippen molar-refractivity contribution in [1.29, 1.82) is 0 Å². The maximum Gasteiger partial charge on any atom is 0.508 e. The summed E-state index contributed by atoms with van der Waals surface area (Å²) in [4.78, 5) is 16.8. The molecule has 2 rings (SSSR count). The Labute approximate surface area is 92.6 Å². The van der Waals surface area contributed by atoms with Crippen LogP contribution in [0.2, 0.25) is 0 Å². The Morgan fingerprint density at radius 1 is 1.44 bits per heavy atom. The zero-order valence-corrected chi connectivity index (χ0v) is 8.54. The average molecular weight is 222 g/mol. The van der Waals surface area contributed by atoms with Gasteiger partial charge in [-0.2, -0.15) is 0 Å². The van der Waals surface area contributed by atoms with E-state index in [2.05, 4.69) is 4.98 Å². The van der Waals surface area contributed by atoms with Crippen LogP contribution in [0.4, 0.5) is 10.6 Å². The highest BCUT2D eigenvalue weighted by Crippen LogP contribution is 2.14. The van der Waals surface area contributed by atoms with Crippen molar-refractivity contribution in [3.8, 4) is 0 Å². The molecule has 1 aromatic heterocycles. The van der Waals surface area contributed by atoms with E-state index in [0.717, 1.165) is 6.42 Å². The van der Waals surface area contributed by atoms with Crippen molar-refractivity contribution in [2.45, 2.75) is 6.42 Å². The van der Waals surface area contributed by atoms with Crippen LogP contribution >= 0.6 is 0 Å². The van der Waals surface area contributed by atoms with Gasteiger partial charge in [0.1, 0.15) is 5.82 Å². The fourth-order valence-corrected chi connectivity index (χ4v) is 1.49. The van der Waals surface area contributed by atoms with Crippen molar-refractivity contribution in [3.63, 3.8) is 0 Å². The normalized spacial score (nSPS) is 15.9. The van der Waals surface area contributed by atoms with Gasteiger partial charge in [0.15, 0.2) is 0 Å². The molecule has 7 heteroatoms. The number of nitrogens with zero attached hydrogens (tertiary/aromatic N) is 2. The van der Waals surface area contributed by atoms with E-state index in [4.69, 9.17) is 14.8 Å². The van der Waals surface area contributed by atoms with Crippen LogP contribution in [0.15, 0.2) is 18.2 Å². The third kappa shape index (κ3) is 2.15. The molecule has 1 aromatic rings. The third-order valence-corrected chi connectivity index (χ3v) is 2.27. The SMILES string of the molecule is O=C1OCCCN1c1cccc(B(O)O)n1. The summed E-state index contributed by atoms with van der Waals surface area (Å²) < 4.78 is 4.87. The van der Waals surface area contributed by atoms with Gasteiger partial charge in [0.2, 0.25) is 0 Å². The number of amides is 1. The zero-order chi connectivity index (χ0) is 11.5. The van der Waals surface area contributed by atoms with Crippen LogP contribution in [-0.2, 0) is 4.74 Å². The van der Waals surface area contributed by atoms with Crippen molar-refractivity contribution in [2.75, 3.05) is 18.1 Å². The molecule has 1 fully saturated rings. The fraction of sp³-hybridized carbons (Fsp3) is 0.333. The molecule has 0 bridgehead atoms. The van der Waals surface area contributed by atoms with E-state index < -0.39 is 13.2 Å². The topological polar surface area (TPSA) is 82.9 Å². The minimum atomic E-state index is -1.64. The Kier molecular flexibility index (Phi) is 3.07. The first-order valence-electron chi connectivity index (χ1n) is 4.96. The van der Waals surface area contributed by atoms with Crippen LogP contribution in [0.3, 0.4) is 0 Å². The number of ether oxygens (including phenoxy) is 1. The molecule has 1 aliphatic rings. The number of hydrogen-bond donors (Lipinski definition) is 2. The molecular weight excluding hydrogens is 211 g/mol. The Morgan fingerprint density at radius 2 is 2.25 bits per heavy atom. The zero-order valence-electron chi connectivity index (χ0n) is 8.54. The number of carbonyl (C=O) groups is 1. The van der Waals surface area contributed by atoms with Crippen molar-refractivity contribution in [2.24, 2.45) is 0 Å².